The van der Waals surface area contributed by atoms with Gasteiger partial charge in [0.2, 0.25) is 5.91 Å². The van der Waals surface area contributed by atoms with Crippen molar-refractivity contribution in [3.05, 3.63) is 26.2 Å². The summed E-state index contributed by atoms with van der Waals surface area (Å²) in [6.45, 7) is 2.20. The minimum Gasteiger partial charge on any atom is -0.375 e. The lowest BCUT2D eigenvalue weighted by Gasteiger charge is -2.27. The van der Waals surface area contributed by atoms with Crippen molar-refractivity contribution in [2.45, 2.75) is 19.3 Å². The van der Waals surface area contributed by atoms with Crippen molar-refractivity contribution in [3.63, 3.8) is 0 Å². The van der Waals surface area contributed by atoms with Crippen molar-refractivity contribution in [2.75, 3.05) is 25.0 Å². The number of nitrogens with zero attached hydrogens (tertiary/aromatic N) is 1. The fraction of sp³-hybridized carbons (Fsp3) is 0.462. The predicted molar refractivity (Wildman–Crippen MR) is 85.8 cm³/mol. The minimum absolute atomic E-state index is 0.195. The number of halogens is 2. The standard InChI is InChI=1S/C13H16BrIN2O/c14-11-5-4-10(15)8-12(11)16-9-13(18)17-6-2-1-3-7-17/h4-5,8,16H,1-3,6-7,9H2. The van der Waals surface area contributed by atoms with Crippen LogP contribution in [0.4, 0.5) is 5.69 Å². The van der Waals surface area contributed by atoms with Gasteiger partial charge in [0, 0.05) is 26.8 Å². The molecule has 3 nitrogen and oxygen atoms in total. The van der Waals surface area contributed by atoms with Gasteiger partial charge in [-0.05, 0) is 76.0 Å². The van der Waals surface area contributed by atoms with Gasteiger partial charge >= 0.3 is 0 Å². The molecule has 1 fully saturated rings. The monoisotopic (exact) mass is 422 g/mol. The van der Waals surface area contributed by atoms with Crippen molar-refractivity contribution >= 4 is 50.1 Å². The molecule has 0 spiro atoms. The zero-order valence-corrected chi connectivity index (χ0v) is 13.8. The van der Waals surface area contributed by atoms with E-state index in [9.17, 15) is 4.79 Å². The average molecular weight is 423 g/mol. The number of hydrogen-bond donors (Lipinski definition) is 1. The summed E-state index contributed by atoms with van der Waals surface area (Å²) in [5.41, 5.74) is 0.979. The molecule has 1 aromatic carbocycles. The molecule has 1 amide bonds. The maximum Gasteiger partial charge on any atom is 0.241 e. The second kappa shape index (κ2) is 6.75. The van der Waals surface area contributed by atoms with Gasteiger partial charge in [-0.1, -0.05) is 0 Å². The van der Waals surface area contributed by atoms with Crippen LogP contribution in [0.1, 0.15) is 19.3 Å². The quantitative estimate of drug-likeness (QED) is 0.756. The summed E-state index contributed by atoms with van der Waals surface area (Å²) < 4.78 is 2.15. The molecular weight excluding hydrogens is 407 g/mol. The highest BCUT2D eigenvalue weighted by Gasteiger charge is 2.16. The SMILES string of the molecule is O=C(CNc1cc(I)ccc1Br)N1CCCCC1. The largest absolute Gasteiger partial charge is 0.375 e. The van der Waals surface area contributed by atoms with E-state index in [1.807, 2.05) is 23.1 Å². The lowest BCUT2D eigenvalue weighted by Crippen LogP contribution is -2.39. The molecule has 2 rings (SSSR count). The molecule has 0 aliphatic carbocycles. The molecule has 1 saturated heterocycles. The molecule has 0 radical (unpaired) electrons. The van der Waals surface area contributed by atoms with Gasteiger partial charge in [-0.2, -0.15) is 0 Å². The molecule has 0 atom stereocenters. The van der Waals surface area contributed by atoms with Crippen molar-refractivity contribution in [1.82, 2.24) is 4.90 Å². The van der Waals surface area contributed by atoms with Crippen LogP contribution in [0, 0.1) is 3.57 Å². The highest BCUT2D eigenvalue weighted by atomic mass is 127. The first-order valence-corrected chi connectivity index (χ1v) is 8.01. The zero-order chi connectivity index (χ0) is 13.0. The van der Waals surface area contributed by atoms with E-state index in [0.29, 0.717) is 6.54 Å². The van der Waals surface area contributed by atoms with Gasteiger partial charge in [-0.3, -0.25) is 4.79 Å². The molecular formula is C13H16BrIN2O. The van der Waals surface area contributed by atoms with Gasteiger partial charge in [-0.25, -0.2) is 0 Å². The second-order valence-electron chi connectivity index (χ2n) is 4.42. The van der Waals surface area contributed by atoms with Crippen molar-refractivity contribution in [1.29, 1.82) is 0 Å². The Morgan fingerprint density at radius 1 is 1.33 bits per heavy atom. The molecule has 18 heavy (non-hydrogen) atoms. The first-order chi connectivity index (χ1) is 8.66. The Labute approximate surface area is 130 Å². The smallest absolute Gasteiger partial charge is 0.241 e. The molecule has 1 aliphatic heterocycles. The second-order valence-corrected chi connectivity index (χ2v) is 6.52. The molecule has 0 saturated carbocycles. The Hall–Kier alpha value is -0.300. The van der Waals surface area contributed by atoms with Crippen molar-refractivity contribution < 1.29 is 4.79 Å². The molecule has 5 heteroatoms. The van der Waals surface area contributed by atoms with Crippen LogP contribution in [0.25, 0.3) is 0 Å². The van der Waals surface area contributed by atoms with Crippen LogP contribution in [0.3, 0.4) is 0 Å². The number of piperidine rings is 1. The van der Waals surface area contributed by atoms with Crippen LogP contribution >= 0.6 is 38.5 Å². The number of amides is 1. The van der Waals surface area contributed by atoms with Crippen LogP contribution in [0.15, 0.2) is 22.7 Å². The number of nitrogens with one attached hydrogen (secondary N) is 1. The van der Waals surface area contributed by atoms with Crippen LogP contribution in [-0.4, -0.2) is 30.4 Å². The summed E-state index contributed by atoms with van der Waals surface area (Å²) in [5, 5.41) is 3.21. The Bertz CT molecular complexity index is 433. The summed E-state index contributed by atoms with van der Waals surface area (Å²) in [6, 6.07) is 6.06. The van der Waals surface area contributed by atoms with Gasteiger partial charge in [0.05, 0.1) is 6.54 Å². The van der Waals surface area contributed by atoms with Crippen LogP contribution in [-0.2, 0) is 4.79 Å². The maximum absolute atomic E-state index is 12.0. The van der Waals surface area contributed by atoms with E-state index < -0.39 is 0 Å². The van der Waals surface area contributed by atoms with Crippen LogP contribution in [0.5, 0.6) is 0 Å². The summed E-state index contributed by atoms with van der Waals surface area (Å²) in [7, 11) is 0. The van der Waals surface area contributed by atoms with Gasteiger partial charge in [0.25, 0.3) is 0 Å². The molecule has 0 unspecified atom stereocenters. The first kappa shape index (κ1) is 14.1. The minimum atomic E-state index is 0.195. The lowest BCUT2D eigenvalue weighted by molar-refractivity contribution is -0.130. The van der Waals surface area contributed by atoms with E-state index in [-0.39, 0.29) is 5.91 Å². The van der Waals surface area contributed by atoms with Gasteiger partial charge < -0.3 is 10.2 Å². The average Bonchev–Trinajstić information content (AvgIpc) is 2.40. The number of hydrogen-bond acceptors (Lipinski definition) is 2. The normalized spacial score (nSPS) is 15.6. The van der Waals surface area contributed by atoms with E-state index in [0.717, 1.165) is 39.7 Å². The van der Waals surface area contributed by atoms with Crippen LogP contribution in [0.2, 0.25) is 0 Å². The summed E-state index contributed by atoms with van der Waals surface area (Å²) in [5.74, 6) is 0.195. The predicted octanol–water partition coefficient (Wildman–Crippen LogP) is 3.48. The Morgan fingerprint density at radius 2 is 2.06 bits per heavy atom. The summed E-state index contributed by atoms with van der Waals surface area (Å²) in [4.78, 5) is 14.0. The highest BCUT2D eigenvalue weighted by Crippen LogP contribution is 2.24. The van der Waals surface area contributed by atoms with E-state index >= 15 is 0 Å². The molecule has 1 N–H and O–H groups in total. The van der Waals surface area contributed by atoms with Crippen LogP contribution < -0.4 is 5.32 Å². The number of anilines is 1. The van der Waals surface area contributed by atoms with E-state index in [1.54, 1.807) is 0 Å². The highest BCUT2D eigenvalue weighted by molar-refractivity contribution is 14.1. The summed E-state index contributed by atoms with van der Waals surface area (Å²) in [6.07, 6.45) is 3.52. The van der Waals surface area contributed by atoms with Crippen molar-refractivity contribution in [2.24, 2.45) is 0 Å². The molecule has 0 bridgehead atoms. The third kappa shape index (κ3) is 3.85. The van der Waals surface area contributed by atoms with Gasteiger partial charge in [0.1, 0.15) is 0 Å². The summed E-state index contributed by atoms with van der Waals surface area (Å²) >= 11 is 5.75. The molecule has 1 aliphatic rings. The van der Waals surface area contributed by atoms with Gasteiger partial charge in [-0.15, -0.1) is 0 Å². The Morgan fingerprint density at radius 3 is 2.78 bits per heavy atom. The molecule has 1 heterocycles. The number of likely N-dealkylation sites (tertiary alicyclic amines) is 1. The third-order valence-corrected chi connectivity index (χ3v) is 4.43. The fourth-order valence-corrected chi connectivity index (χ4v) is 2.94. The van der Waals surface area contributed by atoms with E-state index in [2.05, 4.69) is 43.8 Å². The lowest BCUT2D eigenvalue weighted by atomic mass is 10.1. The number of rotatable bonds is 3. The number of benzene rings is 1. The maximum atomic E-state index is 12.0. The molecule has 0 aromatic heterocycles. The molecule has 1 aromatic rings. The van der Waals surface area contributed by atoms with Gasteiger partial charge in [0.15, 0.2) is 0 Å². The zero-order valence-electron chi connectivity index (χ0n) is 10.1. The van der Waals surface area contributed by atoms with E-state index in [4.69, 9.17) is 0 Å². The molecule has 98 valence electrons. The Kier molecular flexibility index (Phi) is 5.29. The topological polar surface area (TPSA) is 32.3 Å². The fourth-order valence-electron chi connectivity index (χ4n) is 2.06. The Balaban J connectivity index is 1.90. The number of carbonyl (C=O) groups is 1. The third-order valence-electron chi connectivity index (χ3n) is 3.07. The first-order valence-electron chi connectivity index (χ1n) is 6.13. The van der Waals surface area contributed by atoms with E-state index in [1.165, 1.54) is 6.42 Å². The van der Waals surface area contributed by atoms with Crippen molar-refractivity contribution in [3.8, 4) is 0 Å². The number of carbonyl (C=O) groups excluding carboxylic acids is 1.